The fraction of sp³-hybridized carbons (Fsp3) is 0.250. The number of pyridine rings is 1. The lowest BCUT2D eigenvalue weighted by atomic mass is 9.87. The predicted octanol–water partition coefficient (Wildman–Crippen LogP) is 3.12. The Hall–Kier alpha value is -2.07. The number of amides is 1. The molecule has 108 valence electrons. The molecule has 3 rings (SSSR count). The summed E-state index contributed by atoms with van der Waals surface area (Å²) in [6.07, 6.45) is 3.08. The van der Waals surface area contributed by atoms with Crippen LogP contribution in [0.1, 0.15) is 40.4 Å². The normalized spacial score (nSPS) is 17.1. The van der Waals surface area contributed by atoms with E-state index in [0.717, 1.165) is 19.3 Å². The highest BCUT2D eigenvalue weighted by Crippen LogP contribution is 2.29. The first-order valence-electron chi connectivity index (χ1n) is 6.95. The number of aromatic nitrogens is 1. The summed E-state index contributed by atoms with van der Waals surface area (Å²) in [4.78, 5) is 16.2. The third-order valence-electron chi connectivity index (χ3n) is 3.75. The Kier molecular flexibility index (Phi) is 3.80. The minimum absolute atomic E-state index is 0.0376. The SMILES string of the molecule is Nc1cc(C(=O)NC2CCCc3ccccc32)cc(Cl)n1. The molecule has 0 fully saturated rings. The highest BCUT2D eigenvalue weighted by atomic mass is 35.5. The number of nitrogens with zero attached hydrogens (tertiary/aromatic N) is 1. The number of hydrogen-bond acceptors (Lipinski definition) is 3. The second-order valence-electron chi connectivity index (χ2n) is 5.22. The van der Waals surface area contributed by atoms with E-state index in [0.29, 0.717) is 5.56 Å². The summed E-state index contributed by atoms with van der Waals surface area (Å²) >= 11 is 5.85. The van der Waals surface area contributed by atoms with Gasteiger partial charge in [0.05, 0.1) is 6.04 Å². The van der Waals surface area contributed by atoms with Gasteiger partial charge in [0, 0.05) is 5.56 Å². The third kappa shape index (κ3) is 3.00. The summed E-state index contributed by atoms with van der Waals surface area (Å²) < 4.78 is 0. The van der Waals surface area contributed by atoms with Crippen molar-refractivity contribution in [3.05, 3.63) is 58.2 Å². The number of nitrogens with two attached hydrogens (primary N) is 1. The van der Waals surface area contributed by atoms with Crippen LogP contribution in [0.25, 0.3) is 0 Å². The molecule has 1 atom stereocenters. The van der Waals surface area contributed by atoms with Crippen molar-refractivity contribution in [2.75, 3.05) is 5.73 Å². The van der Waals surface area contributed by atoms with Crippen LogP contribution in [0.5, 0.6) is 0 Å². The Morgan fingerprint density at radius 2 is 2.14 bits per heavy atom. The number of nitrogen functional groups attached to an aromatic ring is 1. The van der Waals surface area contributed by atoms with Crippen molar-refractivity contribution in [2.45, 2.75) is 25.3 Å². The number of hydrogen-bond donors (Lipinski definition) is 2. The average Bonchev–Trinajstić information content (AvgIpc) is 2.46. The van der Waals surface area contributed by atoms with Gasteiger partial charge >= 0.3 is 0 Å². The molecule has 0 radical (unpaired) electrons. The minimum Gasteiger partial charge on any atom is -0.384 e. The fourth-order valence-electron chi connectivity index (χ4n) is 2.79. The van der Waals surface area contributed by atoms with Crippen LogP contribution in [0.15, 0.2) is 36.4 Å². The zero-order valence-corrected chi connectivity index (χ0v) is 12.2. The van der Waals surface area contributed by atoms with Crippen LogP contribution in [0.3, 0.4) is 0 Å². The molecule has 1 heterocycles. The van der Waals surface area contributed by atoms with Gasteiger partial charge in [0.2, 0.25) is 0 Å². The number of carbonyl (C=O) groups excluding carboxylic acids is 1. The Morgan fingerprint density at radius 1 is 1.33 bits per heavy atom. The molecule has 5 heteroatoms. The Bertz CT molecular complexity index is 667. The Morgan fingerprint density at radius 3 is 2.95 bits per heavy atom. The summed E-state index contributed by atoms with van der Waals surface area (Å²) in [6.45, 7) is 0. The number of anilines is 1. The van der Waals surface area contributed by atoms with E-state index in [1.54, 1.807) is 0 Å². The van der Waals surface area contributed by atoms with E-state index in [9.17, 15) is 4.79 Å². The van der Waals surface area contributed by atoms with Crippen molar-refractivity contribution in [1.29, 1.82) is 0 Å². The average molecular weight is 302 g/mol. The number of fused-ring (bicyclic) bond motifs is 1. The smallest absolute Gasteiger partial charge is 0.252 e. The van der Waals surface area contributed by atoms with Gasteiger partial charge in [0.1, 0.15) is 11.0 Å². The van der Waals surface area contributed by atoms with Gasteiger partial charge in [-0.05, 0) is 42.5 Å². The van der Waals surface area contributed by atoms with Crippen LogP contribution in [0.2, 0.25) is 5.15 Å². The fourth-order valence-corrected chi connectivity index (χ4v) is 3.01. The minimum atomic E-state index is -0.173. The lowest BCUT2D eigenvalue weighted by Crippen LogP contribution is -2.31. The quantitative estimate of drug-likeness (QED) is 0.837. The van der Waals surface area contributed by atoms with Gasteiger partial charge in [0.15, 0.2) is 0 Å². The van der Waals surface area contributed by atoms with E-state index in [-0.39, 0.29) is 22.9 Å². The second-order valence-corrected chi connectivity index (χ2v) is 5.61. The largest absolute Gasteiger partial charge is 0.384 e. The number of nitrogens with one attached hydrogen (secondary N) is 1. The standard InChI is InChI=1S/C16H16ClN3O/c17-14-8-11(9-15(18)20-14)16(21)19-13-7-3-5-10-4-1-2-6-12(10)13/h1-2,4,6,8-9,13H,3,5,7H2,(H2,18,20)(H,19,21). The maximum absolute atomic E-state index is 12.4. The maximum Gasteiger partial charge on any atom is 0.252 e. The molecule has 1 aliphatic rings. The van der Waals surface area contributed by atoms with Gasteiger partial charge in [-0.2, -0.15) is 0 Å². The topological polar surface area (TPSA) is 68.0 Å². The number of rotatable bonds is 2. The Labute approximate surface area is 128 Å². The van der Waals surface area contributed by atoms with Gasteiger partial charge in [-0.15, -0.1) is 0 Å². The van der Waals surface area contributed by atoms with Crippen LogP contribution < -0.4 is 11.1 Å². The number of aryl methyl sites for hydroxylation is 1. The molecule has 3 N–H and O–H groups in total. The number of halogens is 1. The molecular formula is C16H16ClN3O. The maximum atomic E-state index is 12.4. The Balaban J connectivity index is 1.82. The molecule has 1 unspecified atom stereocenters. The first-order valence-corrected chi connectivity index (χ1v) is 7.33. The summed E-state index contributed by atoms with van der Waals surface area (Å²) in [7, 11) is 0. The van der Waals surface area contributed by atoms with Crippen LogP contribution in [0, 0.1) is 0 Å². The van der Waals surface area contributed by atoms with E-state index < -0.39 is 0 Å². The molecule has 0 aliphatic heterocycles. The van der Waals surface area contributed by atoms with E-state index in [1.165, 1.54) is 23.3 Å². The summed E-state index contributed by atoms with van der Waals surface area (Å²) in [6, 6.07) is 11.3. The van der Waals surface area contributed by atoms with E-state index >= 15 is 0 Å². The molecule has 1 aromatic heterocycles. The van der Waals surface area contributed by atoms with Crippen molar-refractivity contribution in [3.63, 3.8) is 0 Å². The zero-order valence-electron chi connectivity index (χ0n) is 11.5. The molecule has 1 aromatic carbocycles. The lowest BCUT2D eigenvalue weighted by molar-refractivity contribution is 0.0932. The molecule has 0 spiro atoms. The van der Waals surface area contributed by atoms with Gasteiger partial charge in [-0.3, -0.25) is 4.79 Å². The summed E-state index contributed by atoms with van der Waals surface area (Å²) in [5.74, 6) is 0.0735. The van der Waals surface area contributed by atoms with Gasteiger partial charge in [0.25, 0.3) is 5.91 Å². The first kappa shape index (κ1) is 13.9. The zero-order chi connectivity index (χ0) is 14.8. The highest BCUT2D eigenvalue weighted by molar-refractivity contribution is 6.29. The molecule has 2 aromatic rings. The molecule has 0 saturated heterocycles. The first-order chi connectivity index (χ1) is 10.1. The van der Waals surface area contributed by atoms with Crippen LogP contribution in [0.4, 0.5) is 5.82 Å². The van der Waals surface area contributed by atoms with Crippen LogP contribution in [-0.2, 0) is 6.42 Å². The molecular weight excluding hydrogens is 286 g/mol. The van der Waals surface area contributed by atoms with Crippen molar-refractivity contribution in [3.8, 4) is 0 Å². The monoisotopic (exact) mass is 301 g/mol. The molecule has 1 aliphatic carbocycles. The van der Waals surface area contributed by atoms with E-state index in [4.69, 9.17) is 17.3 Å². The van der Waals surface area contributed by atoms with Gasteiger partial charge in [-0.25, -0.2) is 4.98 Å². The van der Waals surface area contributed by atoms with Crippen LogP contribution in [-0.4, -0.2) is 10.9 Å². The van der Waals surface area contributed by atoms with Crippen molar-refractivity contribution < 1.29 is 4.79 Å². The van der Waals surface area contributed by atoms with Gasteiger partial charge in [-0.1, -0.05) is 35.9 Å². The molecule has 0 saturated carbocycles. The van der Waals surface area contributed by atoms with Crippen LogP contribution >= 0.6 is 11.6 Å². The lowest BCUT2D eigenvalue weighted by Gasteiger charge is -2.26. The summed E-state index contributed by atoms with van der Waals surface area (Å²) in [5.41, 5.74) is 8.58. The van der Waals surface area contributed by atoms with Crippen molar-refractivity contribution in [1.82, 2.24) is 10.3 Å². The number of carbonyl (C=O) groups is 1. The second kappa shape index (κ2) is 5.74. The van der Waals surface area contributed by atoms with Crippen molar-refractivity contribution in [2.24, 2.45) is 0 Å². The molecule has 21 heavy (non-hydrogen) atoms. The van der Waals surface area contributed by atoms with E-state index in [1.807, 2.05) is 12.1 Å². The molecule has 0 bridgehead atoms. The molecule has 4 nitrogen and oxygen atoms in total. The highest BCUT2D eigenvalue weighted by Gasteiger charge is 2.22. The van der Waals surface area contributed by atoms with Gasteiger partial charge < -0.3 is 11.1 Å². The third-order valence-corrected chi connectivity index (χ3v) is 3.94. The summed E-state index contributed by atoms with van der Waals surface area (Å²) in [5, 5.41) is 3.29. The van der Waals surface area contributed by atoms with Crippen molar-refractivity contribution >= 4 is 23.3 Å². The predicted molar refractivity (Wildman–Crippen MR) is 83.2 cm³/mol. The number of benzene rings is 1. The van der Waals surface area contributed by atoms with E-state index in [2.05, 4.69) is 22.4 Å². The molecule has 1 amide bonds.